The van der Waals surface area contributed by atoms with Gasteiger partial charge in [0.25, 0.3) is 0 Å². The number of rotatable bonds is 8. The second-order valence-corrected chi connectivity index (χ2v) is 29.3. The summed E-state index contributed by atoms with van der Waals surface area (Å²) >= 11 is 6.19. The zero-order valence-corrected chi connectivity index (χ0v) is 53.6. The number of aliphatic hydroxyl groups excluding tert-OH is 4. The van der Waals surface area contributed by atoms with E-state index in [2.05, 4.69) is 37.7 Å². The molecule has 3 aromatic rings. The fourth-order valence-corrected chi connectivity index (χ4v) is 20.2. The summed E-state index contributed by atoms with van der Waals surface area (Å²) in [5.41, 5.74) is 0.187. The Morgan fingerprint density at radius 1 is 0.886 bits per heavy atom. The molecule has 0 amide bonds. The number of hydrogen-bond donors (Lipinski definition) is 6. The number of alkyl halides is 1. The number of aryl methyl sites for hydroxylation is 1. The molecule has 0 unspecified atom stereocenters. The highest BCUT2D eigenvalue weighted by molar-refractivity contribution is 6.31. The zero-order chi connectivity index (χ0) is 64.2. The average Bonchev–Trinajstić information content (AvgIpc) is 1.31. The molecule has 6 N–H and O–H groups in total. The molecule has 476 valence electrons. The van der Waals surface area contributed by atoms with Crippen LogP contribution in [-0.4, -0.2) is 112 Å². The lowest BCUT2D eigenvalue weighted by Crippen LogP contribution is -2.69. The molecule has 17 heteroatoms. The number of hydrogen-bond acceptors (Lipinski definition) is 12. The Hall–Kier alpha value is -5.49. The molecular weight excluding hydrogens is 1140 g/mol. The Labute approximate surface area is 521 Å². The quantitative estimate of drug-likeness (QED) is 0.0703. The third-order valence-corrected chi connectivity index (χ3v) is 24.6. The third-order valence-electron chi connectivity index (χ3n) is 24.4. The van der Waals surface area contributed by atoms with Gasteiger partial charge in [-0.05, 0) is 205 Å². The van der Waals surface area contributed by atoms with E-state index in [0.29, 0.717) is 84.9 Å². The monoisotopic (exact) mass is 1230 g/mol. The normalized spacial score (nSPS) is 39.6. The Balaban J connectivity index is 0.000000150. The summed E-state index contributed by atoms with van der Waals surface area (Å²) < 4.78 is 39.1. The Kier molecular flexibility index (Phi) is 17.6. The molecule has 2 heterocycles. The van der Waals surface area contributed by atoms with Crippen molar-refractivity contribution in [2.45, 2.75) is 195 Å². The van der Waals surface area contributed by atoms with Crippen molar-refractivity contribution in [3.05, 3.63) is 129 Å². The molecule has 2 aromatic carbocycles. The van der Waals surface area contributed by atoms with E-state index in [0.717, 1.165) is 59.6 Å². The number of fused-ring (bicyclic) bond motifs is 13. The second kappa shape index (κ2) is 23.6. The summed E-state index contributed by atoms with van der Waals surface area (Å²) in [5.74, 6) is -2.45. The number of aliphatic carboxylic acids is 1. The molecule has 0 radical (unpaired) electrons. The van der Waals surface area contributed by atoms with Crippen molar-refractivity contribution in [2.75, 3.05) is 6.61 Å². The number of imidazole rings is 1. The van der Waals surface area contributed by atoms with Gasteiger partial charge in [0.05, 0.1) is 48.1 Å². The van der Waals surface area contributed by atoms with Gasteiger partial charge in [-0.25, -0.2) is 18.6 Å². The van der Waals surface area contributed by atoms with Crippen LogP contribution >= 0.6 is 11.6 Å². The first kappa shape index (κ1) is 65.5. The maximum Gasteiger partial charge on any atom is 0.331 e. The van der Waals surface area contributed by atoms with Crippen LogP contribution in [-0.2, 0) is 30.5 Å². The van der Waals surface area contributed by atoms with Gasteiger partial charge >= 0.3 is 11.9 Å². The van der Waals surface area contributed by atoms with Crippen LogP contribution in [0.15, 0.2) is 100 Å². The van der Waals surface area contributed by atoms with E-state index in [-0.39, 0.29) is 64.0 Å². The number of benzene rings is 2. The van der Waals surface area contributed by atoms with Crippen LogP contribution in [0, 0.1) is 81.2 Å². The fourth-order valence-electron chi connectivity index (χ4n) is 20.0. The summed E-state index contributed by atoms with van der Waals surface area (Å²) in [7, 11) is 0. The average molecular weight is 1230 g/mol. The van der Waals surface area contributed by atoms with Crippen molar-refractivity contribution in [3.63, 3.8) is 0 Å². The highest BCUT2D eigenvalue weighted by atomic mass is 35.5. The Morgan fingerprint density at radius 2 is 1.60 bits per heavy atom. The highest BCUT2D eigenvalue weighted by Crippen LogP contribution is 2.75. The summed E-state index contributed by atoms with van der Waals surface area (Å²) in [6.07, 6.45) is 12.5. The van der Waals surface area contributed by atoms with Gasteiger partial charge in [0, 0.05) is 45.4 Å². The number of aliphatic imine (C=N–C) groups is 1. The molecule has 1 aliphatic heterocycles. The summed E-state index contributed by atoms with van der Waals surface area (Å²) in [5, 5.41) is 65.4. The number of carboxylic acid groups (broad SMARTS) is 1. The Morgan fingerprint density at radius 3 is 2.27 bits per heavy atom. The first-order valence-corrected chi connectivity index (χ1v) is 32.1. The van der Waals surface area contributed by atoms with Crippen LogP contribution in [0.4, 0.5) is 8.78 Å². The fraction of sp³-hybridized carbons (Fsp3) is 0.606. The standard InChI is InChI=1S/C31H48O6.C22H29FO5.C18H13ClFN3/c1-17(2)9-8-10-20(28(35)36)26-22-15-24(34)27-29(5)13-12-23(33)18(3)21(29)11-14-30(27,6)31(22,7)16-25(26)37-19(4)32;1-12-8-16-15-5-4-13-9-14(25)6-7-19(13,2)21(15,23)17(26)10-20(16,3)22(12,28)18(27)11-24;1-11-21-9-13-10-22-18(14-4-2-3-5-16(14)20)15-8-12(19)6-7-17(15)23(11)13/h9,18,21-25,27,33-34H,8,10-16H2,1-7H3,(H,35,36);6-7,9,12,15-17,24,26,28H,4-5,8,10-11H2,1-3H3;2-9H,10H2,1H3/b26-20-;;/t18-,21-,22-,23+,24+,25-,27-,29-,30-,31-;12-,15-,16-,17-,19-,20-,21-,22-;/m00./s1. The van der Waals surface area contributed by atoms with Crippen LogP contribution in [0.25, 0.3) is 5.69 Å². The number of esters is 1. The molecule has 0 saturated heterocycles. The predicted octanol–water partition coefficient (Wildman–Crippen LogP) is 11.9. The van der Waals surface area contributed by atoms with Crippen molar-refractivity contribution >= 4 is 40.8 Å². The number of ether oxygens (including phenoxy) is 1. The molecule has 12 rings (SSSR count). The van der Waals surface area contributed by atoms with Crippen LogP contribution in [0.2, 0.25) is 5.02 Å². The van der Waals surface area contributed by atoms with Crippen molar-refractivity contribution in [1.29, 1.82) is 0 Å². The molecule has 7 saturated carbocycles. The minimum absolute atomic E-state index is 0.0474. The molecule has 18 atom stereocenters. The van der Waals surface area contributed by atoms with E-state index in [9.17, 15) is 54.2 Å². The molecule has 14 nitrogen and oxygen atoms in total. The maximum absolute atomic E-state index is 16.9. The van der Waals surface area contributed by atoms with Gasteiger partial charge in [-0.3, -0.25) is 23.9 Å². The smallest absolute Gasteiger partial charge is 0.331 e. The number of aromatic nitrogens is 2. The van der Waals surface area contributed by atoms with Crippen LogP contribution < -0.4 is 0 Å². The van der Waals surface area contributed by atoms with E-state index in [1.807, 2.05) is 61.9 Å². The summed E-state index contributed by atoms with van der Waals surface area (Å²) in [6, 6.07) is 12.3. The number of carboxylic acids is 1. The second-order valence-electron chi connectivity index (χ2n) is 28.8. The number of ketones is 2. The van der Waals surface area contributed by atoms with E-state index in [1.54, 1.807) is 39.0 Å². The van der Waals surface area contributed by atoms with E-state index < -0.39 is 76.6 Å². The van der Waals surface area contributed by atoms with Gasteiger partial charge in [0.15, 0.2) is 17.2 Å². The number of halogens is 3. The number of Topliss-reactive ketones (excluding diaryl/α,β-unsaturated/α-hetero) is 1. The van der Waals surface area contributed by atoms with Gasteiger partial charge in [-0.2, -0.15) is 0 Å². The number of allylic oxidation sites excluding steroid dienone is 6. The number of nitrogens with zero attached hydrogens (tertiary/aromatic N) is 3. The first-order chi connectivity index (χ1) is 41.3. The predicted molar refractivity (Wildman–Crippen MR) is 332 cm³/mol. The molecule has 1 aromatic heterocycles. The molecule has 9 aliphatic rings. The Bertz CT molecular complexity index is 3460. The number of carbonyl (C=O) groups excluding carboxylic acids is 3. The molecule has 8 aliphatic carbocycles. The van der Waals surface area contributed by atoms with Crippen LogP contribution in [0.5, 0.6) is 0 Å². The van der Waals surface area contributed by atoms with Crippen LogP contribution in [0.3, 0.4) is 0 Å². The van der Waals surface area contributed by atoms with Crippen LogP contribution in [0.1, 0.15) is 169 Å². The largest absolute Gasteiger partial charge is 0.478 e. The highest BCUT2D eigenvalue weighted by Gasteiger charge is 2.76. The first-order valence-electron chi connectivity index (χ1n) is 31.7. The van der Waals surface area contributed by atoms with Crippen molar-refractivity contribution in [1.82, 2.24) is 9.55 Å². The summed E-state index contributed by atoms with van der Waals surface area (Å²) in [4.78, 5) is 58.2. The number of aliphatic hydroxyl groups is 5. The van der Waals surface area contributed by atoms with Gasteiger partial charge in [0.2, 0.25) is 0 Å². The van der Waals surface area contributed by atoms with Gasteiger partial charge < -0.3 is 35.4 Å². The van der Waals surface area contributed by atoms with E-state index in [1.165, 1.54) is 25.1 Å². The SMILES string of the molecule is CC(=O)O[C@H]1C[C@@]2(C)[C@@H](C[C@@H](O)[C@H]3[C@@]4(C)CC[C@@H](O)[C@@H](C)[C@@H]4CC[C@@]32C)/C1=C(\CCC=C(C)C)C(=O)O.C[C@H]1C[C@H]2[C@@H]3CCC4=CC(=O)C=C[C@]4(C)[C@@]3(F)[C@@H](O)C[C@]2(C)[C@@]1(O)C(=O)CO.Cc1ncc2n1-c1ccc(Cl)cc1C(c1ccccc1F)=NC2. The van der Waals surface area contributed by atoms with E-state index >= 15 is 4.39 Å². The maximum atomic E-state index is 16.9. The topological polar surface area (TPSA) is 229 Å². The third kappa shape index (κ3) is 10.1. The van der Waals surface area contributed by atoms with Gasteiger partial charge in [-0.15, -0.1) is 0 Å². The lowest BCUT2D eigenvalue weighted by Gasteiger charge is -2.69. The zero-order valence-electron chi connectivity index (χ0n) is 52.9. The van der Waals surface area contributed by atoms with Gasteiger partial charge in [-0.1, -0.05) is 88.6 Å². The van der Waals surface area contributed by atoms with Crippen molar-refractivity contribution < 1.29 is 63.3 Å². The molecular formula is C71H90ClF2N3O11. The molecule has 7 fully saturated rings. The lowest BCUT2D eigenvalue weighted by atomic mass is 9.36. The molecule has 0 bridgehead atoms. The van der Waals surface area contributed by atoms with Crippen molar-refractivity contribution in [2.24, 2.45) is 73.5 Å². The van der Waals surface area contributed by atoms with Gasteiger partial charge in [0.1, 0.15) is 30.0 Å². The minimum atomic E-state index is -1.98. The van der Waals surface area contributed by atoms with E-state index in [4.69, 9.17) is 16.3 Å². The molecule has 88 heavy (non-hydrogen) atoms. The lowest BCUT2D eigenvalue weighted by molar-refractivity contribution is -0.234. The minimum Gasteiger partial charge on any atom is -0.478 e. The summed E-state index contributed by atoms with van der Waals surface area (Å²) in [6.45, 7) is 21.3. The molecule has 0 spiro atoms. The van der Waals surface area contributed by atoms with Crippen molar-refractivity contribution in [3.8, 4) is 5.69 Å². The number of carbonyl (C=O) groups is 4.